The van der Waals surface area contributed by atoms with E-state index in [1.807, 2.05) is 31.2 Å². The fourth-order valence-corrected chi connectivity index (χ4v) is 1.17. The molecule has 0 amide bonds. The van der Waals surface area contributed by atoms with Crippen LogP contribution in [-0.2, 0) is 0 Å². The number of hydrogen-bond donors (Lipinski definition) is 0. The predicted octanol–water partition coefficient (Wildman–Crippen LogP) is 2.46. The normalized spacial score (nSPS) is 10.1. The third kappa shape index (κ3) is 1.57. The highest BCUT2D eigenvalue weighted by Crippen LogP contribution is 2.18. The first kappa shape index (κ1) is 8.69. The number of aryl methyl sites for hydroxylation is 1. The highest BCUT2D eigenvalue weighted by Gasteiger charge is 2.04. The Morgan fingerprint density at radius 2 is 2.00 bits per heavy atom. The molecule has 14 heavy (non-hydrogen) atoms. The van der Waals surface area contributed by atoms with Crippen molar-refractivity contribution in [2.75, 3.05) is 0 Å². The zero-order valence-corrected chi connectivity index (χ0v) is 7.73. The van der Waals surface area contributed by atoms with Crippen LogP contribution >= 0.6 is 0 Å². The third-order valence-corrected chi connectivity index (χ3v) is 1.94. The molecule has 0 saturated heterocycles. The second-order valence-corrected chi connectivity index (χ2v) is 3.05. The molecule has 0 unspecified atom stereocenters. The Morgan fingerprint density at radius 3 is 2.57 bits per heavy atom. The van der Waals surface area contributed by atoms with Crippen LogP contribution in [0.4, 0.5) is 0 Å². The van der Waals surface area contributed by atoms with Gasteiger partial charge in [0.05, 0.1) is 6.20 Å². The summed E-state index contributed by atoms with van der Waals surface area (Å²) >= 11 is 0. The van der Waals surface area contributed by atoms with Crippen LogP contribution in [0.2, 0.25) is 0 Å². The number of nitrogens with zero attached hydrogens (tertiary/aromatic N) is 1. The van der Waals surface area contributed by atoms with Crippen LogP contribution < -0.4 is 0 Å². The maximum absolute atomic E-state index is 10.4. The van der Waals surface area contributed by atoms with Crippen LogP contribution in [0.25, 0.3) is 11.5 Å². The highest BCUT2D eigenvalue weighted by atomic mass is 16.4. The van der Waals surface area contributed by atoms with E-state index in [2.05, 4.69) is 4.98 Å². The fourth-order valence-electron chi connectivity index (χ4n) is 1.17. The maximum Gasteiger partial charge on any atom is 0.226 e. The summed E-state index contributed by atoms with van der Waals surface area (Å²) in [5, 5.41) is 0. The van der Waals surface area contributed by atoms with Gasteiger partial charge < -0.3 is 4.42 Å². The monoisotopic (exact) mass is 187 g/mol. The zero-order valence-electron chi connectivity index (χ0n) is 7.73. The highest BCUT2D eigenvalue weighted by molar-refractivity contribution is 5.71. The Kier molecular flexibility index (Phi) is 2.14. The van der Waals surface area contributed by atoms with Gasteiger partial charge in [0.2, 0.25) is 5.89 Å². The van der Waals surface area contributed by atoms with Gasteiger partial charge in [-0.15, -0.1) is 0 Å². The predicted molar refractivity (Wildman–Crippen MR) is 52.1 cm³/mol. The van der Waals surface area contributed by atoms with Crippen LogP contribution in [0.5, 0.6) is 0 Å². The first-order valence-corrected chi connectivity index (χ1v) is 4.27. The molecule has 0 atom stereocenters. The lowest BCUT2D eigenvalue weighted by Crippen LogP contribution is -1.77. The smallest absolute Gasteiger partial charge is 0.226 e. The molecule has 0 aliphatic carbocycles. The summed E-state index contributed by atoms with van der Waals surface area (Å²) in [5.41, 5.74) is 2.06. The van der Waals surface area contributed by atoms with Crippen LogP contribution in [0, 0.1) is 6.92 Å². The number of benzene rings is 1. The van der Waals surface area contributed by atoms with Crippen LogP contribution in [0.3, 0.4) is 0 Å². The van der Waals surface area contributed by atoms with Gasteiger partial charge in [0, 0.05) is 5.56 Å². The number of aldehydes is 1. The molecule has 0 spiro atoms. The molecule has 0 fully saturated rings. The van der Waals surface area contributed by atoms with Crippen molar-refractivity contribution in [3.05, 3.63) is 41.8 Å². The van der Waals surface area contributed by atoms with Crippen molar-refractivity contribution in [1.82, 2.24) is 4.98 Å². The molecule has 1 heterocycles. The third-order valence-electron chi connectivity index (χ3n) is 1.94. The first-order valence-electron chi connectivity index (χ1n) is 4.27. The first-order chi connectivity index (χ1) is 6.79. The van der Waals surface area contributed by atoms with Crippen LogP contribution in [0.1, 0.15) is 16.1 Å². The molecule has 2 aromatic rings. The standard InChI is InChI=1S/C11H9NO2/c1-8-2-4-9(5-3-8)11-12-6-10(7-13)14-11/h2-7H,1H3. The van der Waals surface area contributed by atoms with E-state index in [-0.39, 0.29) is 5.76 Å². The van der Waals surface area contributed by atoms with Crippen molar-refractivity contribution in [2.45, 2.75) is 6.92 Å². The van der Waals surface area contributed by atoms with Gasteiger partial charge >= 0.3 is 0 Å². The number of carbonyl (C=O) groups is 1. The second kappa shape index (κ2) is 3.46. The van der Waals surface area contributed by atoms with Gasteiger partial charge in [0.25, 0.3) is 0 Å². The molecule has 1 aromatic heterocycles. The molecule has 3 nitrogen and oxygen atoms in total. The van der Waals surface area contributed by atoms with E-state index in [0.717, 1.165) is 5.56 Å². The van der Waals surface area contributed by atoms with Gasteiger partial charge in [-0.25, -0.2) is 4.98 Å². The van der Waals surface area contributed by atoms with E-state index < -0.39 is 0 Å². The average molecular weight is 187 g/mol. The molecular weight excluding hydrogens is 178 g/mol. The molecule has 0 radical (unpaired) electrons. The van der Waals surface area contributed by atoms with E-state index in [9.17, 15) is 4.79 Å². The molecular formula is C11H9NO2. The molecule has 0 N–H and O–H groups in total. The Morgan fingerprint density at radius 1 is 1.29 bits per heavy atom. The summed E-state index contributed by atoms with van der Waals surface area (Å²) in [7, 11) is 0. The molecule has 0 aliphatic heterocycles. The Balaban J connectivity index is 2.39. The molecule has 0 bridgehead atoms. The van der Waals surface area contributed by atoms with E-state index in [0.29, 0.717) is 12.2 Å². The van der Waals surface area contributed by atoms with Crippen molar-refractivity contribution >= 4 is 6.29 Å². The average Bonchev–Trinajstić information content (AvgIpc) is 2.67. The summed E-state index contributed by atoms with van der Waals surface area (Å²) in [4.78, 5) is 14.4. The van der Waals surface area contributed by atoms with Gasteiger partial charge in [-0.1, -0.05) is 17.7 Å². The van der Waals surface area contributed by atoms with Crippen molar-refractivity contribution in [3.63, 3.8) is 0 Å². The number of oxazole rings is 1. The van der Waals surface area contributed by atoms with Gasteiger partial charge in [-0.05, 0) is 19.1 Å². The number of carbonyl (C=O) groups excluding carboxylic acids is 1. The summed E-state index contributed by atoms with van der Waals surface area (Å²) < 4.78 is 5.18. The van der Waals surface area contributed by atoms with Crippen molar-refractivity contribution in [3.8, 4) is 11.5 Å². The van der Waals surface area contributed by atoms with Gasteiger partial charge in [-0.2, -0.15) is 0 Å². The van der Waals surface area contributed by atoms with Crippen molar-refractivity contribution in [2.24, 2.45) is 0 Å². The molecule has 70 valence electrons. The largest absolute Gasteiger partial charge is 0.433 e. The Bertz CT molecular complexity index is 443. The fraction of sp³-hybridized carbons (Fsp3) is 0.0909. The summed E-state index contributed by atoms with van der Waals surface area (Å²) in [6.07, 6.45) is 2.06. The quantitative estimate of drug-likeness (QED) is 0.678. The number of hydrogen-bond acceptors (Lipinski definition) is 3. The lowest BCUT2D eigenvalue weighted by atomic mass is 10.1. The summed E-state index contributed by atoms with van der Waals surface area (Å²) in [6, 6.07) is 7.77. The minimum Gasteiger partial charge on any atom is -0.433 e. The van der Waals surface area contributed by atoms with Gasteiger partial charge in [0.1, 0.15) is 0 Å². The second-order valence-electron chi connectivity index (χ2n) is 3.05. The summed E-state index contributed by atoms with van der Waals surface area (Å²) in [6.45, 7) is 2.01. The van der Waals surface area contributed by atoms with E-state index in [4.69, 9.17) is 4.42 Å². The number of aromatic nitrogens is 1. The van der Waals surface area contributed by atoms with Gasteiger partial charge in [0.15, 0.2) is 12.0 Å². The van der Waals surface area contributed by atoms with Crippen molar-refractivity contribution < 1.29 is 9.21 Å². The van der Waals surface area contributed by atoms with Crippen molar-refractivity contribution in [1.29, 1.82) is 0 Å². The zero-order chi connectivity index (χ0) is 9.97. The van der Waals surface area contributed by atoms with Gasteiger partial charge in [-0.3, -0.25) is 4.79 Å². The molecule has 3 heteroatoms. The maximum atomic E-state index is 10.4. The minimum absolute atomic E-state index is 0.251. The van der Waals surface area contributed by atoms with E-state index in [1.165, 1.54) is 11.8 Å². The minimum atomic E-state index is 0.251. The van der Waals surface area contributed by atoms with E-state index >= 15 is 0 Å². The molecule has 0 saturated carbocycles. The SMILES string of the molecule is Cc1ccc(-c2ncc(C=O)o2)cc1. The molecule has 2 rings (SSSR count). The lowest BCUT2D eigenvalue weighted by Gasteiger charge is -1.95. The topological polar surface area (TPSA) is 43.1 Å². The number of rotatable bonds is 2. The lowest BCUT2D eigenvalue weighted by molar-refractivity contribution is 0.110. The summed E-state index contributed by atoms with van der Waals surface area (Å²) in [5.74, 6) is 0.729. The van der Waals surface area contributed by atoms with Crippen LogP contribution in [-0.4, -0.2) is 11.3 Å². The Labute approximate surface area is 81.4 Å². The van der Waals surface area contributed by atoms with E-state index in [1.54, 1.807) is 0 Å². The molecule has 0 aliphatic rings. The van der Waals surface area contributed by atoms with Crippen LogP contribution in [0.15, 0.2) is 34.9 Å². The molecule has 1 aromatic carbocycles. The Hall–Kier alpha value is -1.90.